The Kier molecular flexibility index (Phi) is 8.47. The van der Waals surface area contributed by atoms with Gasteiger partial charge in [-0.25, -0.2) is 15.0 Å². The molecule has 3 heterocycles. The van der Waals surface area contributed by atoms with E-state index >= 15 is 0 Å². The molecule has 62 heavy (non-hydrogen) atoms. The minimum Gasteiger partial charge on any atom is -0.309 e. The minimum absolute atomic E-state index is 0.639. The van der Waals surface area contributed by atoms with Crippen LogP contribution in [-0.2, 0) is 0 Å². The molecule has 0 saturated heterocycles. The highest BCUT2D eigenvalue weighted by molar-refractivity contribution is 7.19. The van der Waals surface area contributed by atoms with Gasteiger partial charge in [0.25, 0.3) is 0 Å². The Hall–Kier alpha value is -7.99. The Bertz CT molecular complexity index is 3570. The van der Waals surface area contributed by atoms with E-state index in [1.54, 1.807) is 0 Å². The Morgan fingerprint density at radius 2 is 0.742 bits per heavy atom. The van der Waals surface area contributed by atoms with Gasteiger partial charge in [-0.2, -0.15) is 0 Å². The third kappa shape index (κ3) is 5.63. The molecule has 0 radical (unpaired) electrons. The van der Waals surface area contributed by atoms with Crippen LogP contribution in [0.4, 0.5) is 0 Å². The molecule has 0 aliphatic carbocycles. The van der Waals surface area contributed by atoms with Crippen LogP contribution in [0.3, 0.4) is 0 Å². The number of aromatic nitrogens is 4. The summed E-state index contributed by atoms with van der Waals surface area (Å²) in [6.07, 6.45) is 0. The van der Waals surface area contributed by atoms with Crippen molar-refractivity contribution >= 4 is 94.2 Å². The van der Waals surface area contributed by atoms with E-state index in [4.69, 9.17) is 15.0 Å². The van der Waals surface area contributed by atoms with Gasteiger partial charge >= 0.3 is 0 Å². The van der Waals surface area contributed by atoms with Crippen molar-refractivity contribution < 1.29 is 0 Å². The molecule has 0 spiro atoms. The molecule has 12 rings (SSSR count). The zero-order valence-electron chi connectivity index (χ0n) is 33.7. The van der Waals surface area contributed by atoms with Gasteiger partial charge in [0.1, 0.15) is 0 Å². The second-order valence-electron chi connectivity index (χ2n) is 15.9. The van der Waals surface area contributed by atoms with Crippen LogP contribution in [-0.4, -0.2) is 27.6 Å². The maximum atomic E-state index is 5.35. The number of para-hydroxylation sites is 2. The first-order valence-corrected chi connectivity index (χ1v) is 23.1. The van der Waals surface area contributed by atoms with Crippen LogP contribution in [0.2, 0.25) is 0 Å². The summed E-state index contributed by atoms with van der Waals surface area (Å²) >= 11 is 0. The molecular formula is C57H38N4Si. The molecule has 0 atom stereocenters. The zero-order chi connectivity index (χ0) is 41.0. The second-order valence-corrected chi connectivity index (χ2v) is 19.7. The van der Waals surface area contributed by atoms with Crippen molar-refractivity contribution in [3.8, 4) is 17.1 Å². The van der Waals surface area contributed by atoms with Gasteiger partial charge in [0.2, 0.25) is 0 Å². The average molecular weight is 807 g/mol. The fraction of sp³-hybridized carbons (Fsp3) is 0. The topological polar surface area (TPSA) is 43.6 Å². The van der Waals surface area contributed by atoms with Gasteiger partial charge in [0.05, 0.1) is 11.0 Å². The first kappa shape index (κ1) is 35.9. The van der Waals surface area contributed by atoms with Crippen LogP contribution in [0.15, 0.2) is 231 Å². The smallest absolute Gasteiger partial charge is 0.179 e. The summed E-state index contributed by atoms with van der Waals surface area (Å²) in [6, 6.07) is 83.4. The molecule has 0 saturated carbocycles. The molecule has 9 aromatic carbocycles. The summed E-state index contributed by atoms with van der Waals surface area (Å²) in [6.45, 7) is 0. The lowest BCUT2D eigenvalue weighted by molar-refractivity contribution is 1.18. The van der Waals surface area contributed by atoms with Crippen molar-refractivity contribution in [1.29, 1.82) is 0 Å². The summed E-state index contributed by atoms with van der Waals surface area (Å²) in [5.74, 6) is 0.639. The van der Waals surface area contributed by atoms with Crippen LogP contribution in [0.25, 0.3) is 82.5 Å². The lowest BCUT2D eigenvalue weighted by Gasteiger charge is -2.34. The summed E-state index contributed by atoms with van der Waals surface area (Å²) < 4.78 is 2.41. The number of hydrogen-bond donors (Lipinski definition) is 0. The molecular weight excluding hydrogens is 769 g/mol. The van der Waals surface area contributed by atoms with Crippen LogP contribution >= 0.6 is 0 Å². The van der Waals surface area contributed by atoms with E-state index in [9.17, 15) is 0 Å². The standard InChI is InChI=1S/C57H38N4Si/c1-5-19-41(20-6-1)61-53-32-18-17-29-48(53)52-38-40-37-51(54(52)61)47-28-14-16-31-50(47)57-59-55(58-56(60-57)49-30-15-13-27-46(40)49)39-33-35-45(36-34-39)62(42-21-7-2-8-22-42,43-23-9-3-10-24-43)44-25-11-4-12-26-44/h1-38H. The Morgan fingerprint density at radius 3 is 1.31 bits per heavy atom. The quantitative estimate of drug-likeness (QED) is 0.124. The van der Waals surface area contributed by atoms with Crippen molar-refractivity contribution in [2.24, 2.45) is 0 Å². The van der Waals surface area contributed by atoms with E-state index in [1.807, 2.05) is 0 Å². The van der Waals surface area contributed by atoms with Crippen molar-refractivity contribution in [3.63, 3.8) is 0 Å². The average Bonchev–Trinajstić information content (AvgIpc) is 3.69. The zero-order valence-corrected chi connectivity index (χ0v) is 34.7. The summed E-state index contributed by atoms with van der Waals surface area (Å²) in [5, 5.41) is 14.0. The van der Waals surface area contributed by atoms with Gasteiger partial charge in [-0.15, -0.1) is 0 Å². The lowest BCUT2D eigenvalue weighted by atomic mass is 10.00. The lowest BCUT2D eigenvalue weighted by Crippen LogP contribution is -2.74. The highest BCUT2D eigenvalue weighted by Crippen LogP contribution is 2.39. The SMILES string of the molecule is c1ccc(-n2c3ccccc3c3cc4cc(c5ccccc5c5nc(-c6ccc([Si](c7ccccc7)(c7ccccc7)c7ccccc7)cc6)nc(n5)c5ccccc45)c32)cc1. The molecule has 12 aromatic rings. The number of fused-ring (bicyclic) bond motifs is 14. The van der Waals surface area contributed by atoms with E-state index in [2.05, 4.69) is 235 Å². The highest BCUT2D eigenvalue weighted by Gasteiger charge is 2.41. The largest absolute Gasteiger partial charge is 0.309 e. The summed E-state index contributed by atoms with van der Waals surface area (Å²) in [7, 11) is -2.71. The molecule has 3 aromatic heterocycles. The fourth-order valence-electron chi connectivity index (χ4n) is 9.83. The highest BCUT2D eigenvalue weighted by atomic mass is 28.3. The number of nitrogens with zero attached hydrogens (tertiary/aromatic N) is 4. The van der Waals surface area contributed by atoms with Crippen LogP contribution < -0.4 is 20.7 Å². The van der Waals surface area contributed by atoms with Crippen molar-refractivity contribution in [3.05, 3.63) is 231 Å². The van der Waals surface area contributed by atoms with Gasteiger partial charge in [-0.1, -0.05) is 200 Å². The summed E-state index contributed by atoms with van der Waals surface area (Å²) in [5.41, 5.74) is 5.66. The van der Waals surface area contributed by atoms with E-state index in [1.165, 1.54) is 31.5 Å². The van der Waals surface area contributed by atoms with Crippen molar-refractivity contribution in [2.45, 2.75) is 0 Å². The maximum Gasteiger partial charge on any atom is 0.179 e. The Balaban J connectivity index is 1.16. The second kappa shape index (κ2) is 14.6. The number of benzene rings is 9. The van der Waals surface area contributed by atoms with Crippen LogP contribution in [0.1, 0.15) is 0 Å². The monoisotopic (exact) mass is 806 g/mol. The molecule has 4 nitrogen and oxygen atoms in total. The molecule has 4 bridgehead atoms. The maximum absolute atomic E-state index is 5.35. The van der Waals surface area contributed by atoms with E-state index < -0.39 is 8.07 Å². The van der Waals surface area contributed by atoms with Crippen molar-refractivity contribution in [1.82, 2.24) is 19.5 Å². The fourth-order valence-corrected chi connectivity index (χ4v) is 14.6. The molecule has 5 heteroatoms. The molecule has 0 aliphatic heterocycles. The van der Waals surface area contributed by atoms with Gasteiger partial charge in [0.15, 0.2) is 25.2 Å². The molecule has 0 unspecified atom stereocenters. The third-order valence-corrected chi connectivity index (χ3v) is 17.3. The van der Waals surface area contributed by atoms with E-state index in [0.717, 1.165) is 54.6 Å². The predicted molar refractivity (Wildman–Crippen MR) is 262 cm³/mol. The molecule has 0 fully saturated rings. The first-order chi connectivity index (χ1) is 30.8. The van der Waals surface area contributed by atoms with Gasteiger partial charge < -0.3 is 4.57 Å². The minimum atomic E-state index is -2.71. The molecule has 290 valence electrons. The number of hydrogen-bond acceptors (Lipinski definition) is 3. The Labute approximate surface area is 359 Å². The van der Waals surface area contributed by atoms with E-state index in [-0.39, 0.29) is 0 Å². The molecule has 0 amide bonds. The van der Waals surface area contributed by atoms with Gasteiger partial charge in [-0.3, -0.25) is 0 Å². The van der Waals surface area contributed by atoms with Gasteiger partial charge in [0, 0.05) is 38.2 Å². The van der Waals surface area contributed by atoms with Crippen molar-refractivity contribution in [2.75, 3.05) is 0 Å². The predicted octanol–water partition coefficient (Wildman–Crippen LogP) is 11.2. The van der Waals surface area contributed by atoms with Crippen LogP contribution in [0.5, 0.6) is 0 Å². The normalized spacial score (nSPS) is 11.9. The first-order valence-electron chi connectivity index (χ1n) is 21.1. The van der Waals surface area contributed by atoms with Crippen LogP contribution in [0, 0.1) is 0 Å². The molecule has 0 N–H and O–H groups in total. The van der Waals surface area contributed by atoms with Gasteiger partial charge in [-0.05, 0) is 67.2 Å². The number of rotatable bonds is 6. The van der Waals surface area contributed by atoms with E-state index in [0.29, 0.717) is 17.1 Å². The summed E-state index contributed by atoms with van der Waals surface area (Å²) in [4.78, 5) is 16.0. The molecule has 0 aliphatic rings. The third-order valence-electron chi connectivity index (χ3n) is 12.6. The Morgan fingerprint density at radius 1 is 0.323 bits per heavy atom.